The minimum Gasteiger partial charge on any atom is -0.349 e. The molecule has 4 unspecified atom stereocenters. The Balaban J connectivity index is 1.48. The lowest BCUT2D eigenvalue weighted by Gasteiger charge is -2.10. The highest BCUT2D eigenvalue weighted by molar-refractivity contribution is 5.94. The van der Waals surface area contributed by atoms with Crippen LogP contribution in [0.15, 0.2) is 24.3 Å². The number of carbonyl (C=O) groups is 1. The Kier molecular flexibility index (Phi) is 2.08. The summed E-state index contributed by atoms with van der Waals surface area (Å²) in [7, 11) is 0. The molecule has 94 valence electrons. The fraction of sp³-hybridized carbons (Fsp3) is 0.533. The Morgan fingerprint density at radius 2 is 1.83 bits per heavy atom. The van der Waals surface area contributed by atoms with E-state index in [2.05, 4.69) is 5.32 Å². The first-order valence-electron chi connectivity index (χ1n) is 6.81. The van der Waals surface area contributed by atoms with Gasteiger partial charge in [0.15, 0.2) is 0 Å². The predicted molar refractivity (Wildman–Crippen MR) is 65.5 cm³/mol. The molecule has 0 radical (unpaired) electrons. The van der Waals surface area contributed by atoms with E-state index in [1.165, 1.54) is 25.3 Å². The molecule has 2 nitrogen and oxygen atoms in total. The molecule has 0 spiro atoms. The summed E-state index contributed by atoms with van der Waals surface area (Å²) < 4.78 is 13.5. The highest BCUT2D eigenvalue weighted by atomic mass is 19.1. The SMILES string of the molecule is O=C(NC1C2C3CCC(C3)C12)c1ccccc1F. The highest BCUT2D eigenvalue weighted by Gasteiger charge is 2.65. The Labute approximate surface area is 106 Å². The van der Waals surface area contributed by atoms with Gasteiger partial charge in [-0.15, -0.1) is 0 Å². The summed E-state index contributed by atoms with van der Waals surface area (Å²) in [6, 6.07) is 6.53. The maximum atomic E-state index is 13.5. The van der Waals surface area contributed by atoms with Gasteiger partial charge in [0, 0.05) is 6.04 Å². The number of amides is 1. The molecule has 3 saturated carbocycles. The maximum Gasteiger partial charge on any atom is 0.254 e. The van der Waals surface area contributed by atoms with Crippen LogP contribution in [-0.2, 0) is 0 Å². The van der Waals surface area contributed by atoms with E-state index in [4.69, 9.17) is 0 Å². The summed E-state index contributed by atoms with van der Waals surface area (Å²) in [6.45, 7) is 0. The Bertz CT molecular complexity index is 499. The lowest BCUT2D eigenvalue weighted by Crippen LogP contribution is -2.30. The molecule has 1 aromatic rings. The van der Waals surface area contributed by atoms with E-state index >= 15 is 0 Å². The fourth-order valence-electron chi connectivity index (χ4n) is 4.39. The van der Waals surface area contributed by atoms with E-state index in [1.807, 2.05) is 0 Å². The zero-order valence-electron chi connectivity index (χ0n) is 10.1. The minimum atomic E-state index is -0.427. The molecular weight excluding hydrogens is 229 g/mol. The van der Waals surface area contributed by atoms with E-state index < -0.39 is 5.82 Å². The van der Waals surface area contributed by atoms with Crippen LogP contribution in [0.2, 0.25) is 0 Å². The number of fused-ring (bicyclic) bond motifs is 5. The average molecular weight is 245 g/mol. The van der Waals surface area contributed by atoms with Gasteiger partial charge < -0.3 is 5.32 Å². The van der Waals surface area contributed by atoms with Crippen LogP contribution in [0.1, 0.15) is 29.6 Å². The zero-order chi connectivity index (χ0) is 12.3. The third kappa shape index (κ3) is 1.36. The third-order valence-corrected chi connectivity index (χ3v) is 5.15. The van der Waals surface area contributed by atoms with Crippen LogP contribution in [0.25, 0.3) is 0 Å². The molecule has 18 heavy (non-hydrogen) atoms. The number of hydrogen-bond acceptors (Lipinski definition) is 1. The van der Waals surface area contributed by atoms with Crippen LogP contribution in [0.5, 0.6) is 0 Å². The van der Waals surface area contributed by atoms with Crippen molar-refractivity contribution < 1.29 is 9.18 Å². The summed E-state index contributed by atoms with van der Waals surface area (Å²) in [5, 5.41) is 3.03. The van der Waals surface area contributed by atoms with Crippen molar-refractivity contribution >= 4 is 5.91 Å². The molecule has 2 bridgehead atoms. The molecule has 3 aliphatic rings. The summed E-state index contributed by atoms with van der Waals surface area (Å²) in [5.74, 6) is 2.37. The molecule has 1 aromatic carbocycles. The topological polar surface area (TPSA) is 29.1 Å². The van der Waals surface area contributed by atoms with Crippen molar-refractivity contribution in [1.29, 1.82) is 0 Å². The van der Waals surface area contributed by atoms with E-state index in [9.17, 15) is 9.18 Å². The Morgan fingerprint density at radius 3 is 2.50 bits per heavy atom. The summed E-state index contributed by atoms with van der Waals surface area (Å²) in [5.41, 5.74) is 0.176. The molecule has 0 saturated heterocycles. The monoisotopic (exact) mass is 245 g/mol. The van der Waals surface area contributed by atoms with Gasteiger partial charge in [-0.1, -0.05) is 12.1 Å². The van der Waals surface area contributed by atoms with Crippen LogP contribution < -0.4 is 5.32 Å². The van der Waals surface area contributed by atoms with Crippen LogP contribution in [-0.4, -0.2) is 11.9 Å². The molecule has 4 atom stereocenters. The predicted octanol–water partition coefficient (Wildman–Crippen LogP) is 2.60. The number of carbonyl (C=O) groups excluding carboxylic acids is 1. The molecule has 3 aliphatic carbocycles. The molecule has 0 aliphatic heterocycles. The quantitative estimate of drug-likeness (QED) is 0.852. The number of benzene rings is 1. The van der Waals surface area contributed by atoms with E-state index in [0.29, 0.717) is 17.9 Å². The Morgan fingerprint density at radius 1 is 1.17 bits per heavy atom. The van der Waals surface area contributed by atoms with Crippen LogP contribution >= 0.6 is 0 Å². The van der Waals surface area contributed by atoms with Gasteiger partial charge in [-0.05, 0) is 55.1 Å². The largest absolute Gasteiger partial charge is 0.349 e. The average Bonchev–Trinajstić information content (AvgIpc) is 2.77. The number of nitrogens with one attached hydrogen (secondary N) is 1. The third-order valence-electron chi connectivity index (χ3n) is 5.15. The van der Waals surface area contributed by atoms with Gasteiger partial charge in [-0.3, -0.25) is 4.79 Å². The van der Waals surface area contributed by atoms with Gasteiger partial charge in [0.25, 0.3) is 5.91 Å². The first-order chi connectivity index (χ1) is 8.75. The van der Waals surface area contributed by atoms with Crippen molar-refractivity contribution in [2.75, 3.05) is 0 Å². The van der Waals surface area contributed by atoms with Crippen LogP contribution in [0, 0.1) is 29.5 Å². The van der Waals surface area contributed by atoms with E-state index in [0.717, 1.165) is 11.8 Å². The maximum absolute atomic E-state index is 13.5. The second kappa shape index (κ2) is 3.56. The molecule has 3 heteroatoms. The molecule has 0 heterocycles. The van der Waals surface area contributed by atoms with Gasteiger partial charge in [-0.2, -0.15) is 0 Å². The van der Waals surface area contributed by atoms with Gasteiger partial charge in [0.05, 0.1) is 5.56 Å². The van der Waals surface area contributed by atoms with E-state index in [-0.39, 0.29) is 11.5 Å². The van der Waals surface area contributed by atoms with Crippen molar-refractivity contribution in [3.63, 3.8) is 0 Å². The summed E-state index contributed by atoms with van der Waals surface area (Å²) in [4.78, 5) is 12.0. The van der Waals surface area contributed by atoms with Crippen molar-refractivity contribution in [2.24, 2.45) is 23.7 Å². The lowest BCUT2D eigenvalue weighted by atomic mass is 10.0. The smallest absolute Gasteiger partial charge is 0.254 e. The fourth-order valence-corrected chi connectivity index (χ4v) is 4.39. The second-order valence-corrected chi connectivity index (χ2v) is 5.97. The Hall–Kier alpha value is -1.38. The zero-order valence-corrected chi connectivity index (χ0v) is 10.1. The standard InChI is InChI=1S/C15H16FNO/c16-11-4-2-1-3-10(11)15(18)17-14-12-8-5-6-9(7-8)13(12)14/h1-4,8-9,12-14H,5-7H2,(H,17,18). The van der Waals surface area contributed by atoms with Crippen molar-refractivity contribution in [1.82, 2.24) is 5.32 Å². The van der Waals surface area contributed by atoms with Gasteiger partial charge in [-0.25, -0.2) is 4.39 Å². The first-order valence-corrected chi connectivity index (χ1v) is 6.81. The molecule has 0 aromatic heterocycles. The number of hydrogen-bond donors (Lipinski definition) is 1. The molecule has 4 rings (SSSR count). The number of rotatable bonds is 2. The van der Waals surface area contributed by atoms with Gasteiger partial charge >= 0.3 is 0 Å². The van der Waals surface area contributed by atoms with Crippen molar-refractivity contribution in [3.05, 3.63) is 35.6 Å². The van der Waals surface area contributed by atoms with Crippen molar-refractivity contribution in [3.8, 4) is 0 Å². The first kappa shape index (κ1) is 10.5. The number of halogens is 1. The van der Waals surface area contributed by atoms with Gasteiger partial charge in [0.2, 0.25) is 0 Å². The molecule has 1 N–H and O–H groups in total. The molecule has 1 amide bonds. The van der Waals surface area contributed by atoms with Crippen LogP contribution in [0.3, 0.4) is 0 Å². The van der Waals surface area contributed by atoms with E-state index in [1.54, 1.807) is 18.2 Å². The molecular formula is C15H16FNO. The second-order valence-electron chi connectivity index (χ2n) is 5.97. The van der Waals surface area contributed by atoms with Crippen LogP contribution in [0.4, 0.5) is 4.39 Å². The van der Waals surface area contributed by atoms with Crippen molar-refractivity contribution in [2.45, 2.75) is 25.3 Å². The normalized spacial score (nSPS) is 39.5. The lowest BCUT2D eigenvalue weighted by molar-refractivity contribution is 0.0940. The highest BCUT2D eigenvalue weighted by Crippen LogP contribution is 2.65. The van der Waals surface area contributed by atoms with Gasteiger partial charge in [0.1, 0.15) is 5.82 Å². The summed E-state index contributed by atoms with van der Waals surface area (Å²) >= 11 is 0. The minimum absolute atomic E-state index is 0.176. The summed E-state index contributed by atoms with van der Waals surface area (Å²) in [6.07, 6.45) is 4.03. The molecule has 3 fully saturated rings.